The Labute approximate surface area is 175 Å². The number of carbonyl (C=O) groups is 1. The number of rotatable bonds is 11. The van der Waals surface area contributed by atoms with Gasteiger partial charge in [-0.1, -0.05) is 38.8 Å². The van der Waals surface area contributed by atoms with E-state index in [-0.39, 0.29) is 11.9 Å². The third kappa shape index (κ3) is 11.8. The van der Waals surface area contributed by atoms with Crippen molar-refractivity contribution in [1.29, 1.82) is 0 Å². The molecule has 0 saturated carbocycles. The number of aliphatic hydroxyl groups excluding tert-OH is 1. The summed E-state index contributed by atoms with van der Waals surface area (Å²) in [6.45, 7) is 12.2. The number of ether oxygens (including phenoxy) is 1. The maximum Gasteiger partial charge on any atom is 0.407 e. The fourth-order valence-electron chi connectivity index (χ4n) is 3.06. The Morgan fingerprint density at radius 3 is 2.48 bits per heavy atom. The molecule has 166 valence electrons. The summed E-state index contributed by atoms with van der Waals surface area (Å²) in [6, 6.07) is 5.86. The monoisotopic (exact) mass is 410 g/mol. The van der Waals surface area contributed by atoms with E-state index in [0.717, 1.165) is 12.8 Å². The Kier molecular flexibility index (Phi) is 10.6. The summed E-state index contributed by atoms with van der Waals surface area (Å²) in [6.07, 6.45) is 2.21. The van der Waals surface area contributed by atoms with Gasteiger partial charge in [0.25, 0.3) is 0 Å². The van der Waals surface area contributed by atoms with Gasteiger partial charge < -0.3 is 20.5 Å². The van der Waals surface area contributed by atoms with Crippen LogP contribution in [0.4, 0.5) is 9.18 Å². The van der Waals surface area contributed by atoms with Crippen molar-refractivity contribution in [1.82, 2.24) is 10.6 Å². The molecular formula is C23H39FN2O3. The van der Waals surface area contributed by atoms with Gasteiger partial charge in [0.05, 0.1) is 12.1 Å². The van der Waals surface area contributed by atoms with Crippen molar-refractivity contribution in [3.63, 3.8) is 0 Å². The highest BCUT2D eigenvalue weighted by Gasteiger charge is 2.25. The predicted octanol–water partition coefficient (Wildman–Crippen LogP) is 4.43. The van der Waals surface area contributed by atoms with Gasteiger partial charge in [-0.25, -0.2) is 9.18 Å². The average molecular weight is 411 g/mol. The molecule has 0 fully saturated rings. The van der Waals surface area contributed by atoms with Gasteiger partial charge in [-0.2, -0.15) is 0 Å². The minimum Gasteiger partial charge on any atom is -0.444 e. The molecule has 0 aliphatic carbocycles. The highest BCUT2D eigenvalue weighted by molar-refractivity contribution is 5.68. The molecule has 0 heterocycles. The van der Waals surface area contributed by atoms with Crippen molar-refractivity contribution < 1.29 is 19.0 Å². The predicted molar refractivity (Wildman–Crippen MR) is 115 cm³/mol. The number of alkyl carbamates (subject to hydrolysis) is 1. The number of hydrogen-bond acceptors (Lipinski definition) is 4. The van der Waals surface area contributed by atoms with Gasteiger partial charge in [-0.05, 0) is 64.2 Å². The Morgan fingerprint density at radius 1 is 1.21 bits per heavy atom. The second-order valence-electron chi connectivity index (χ2n) is 9.29. The molecule has 0 aromatic heterocycles. The zero-order chi connectivity index (χ0) is 22.0. The van der Waals surface area contributed by atoms with E-state index in [4.69, 9.17) is 4.74 Å². The Hall–Kier alpha value is -1.66. The zero-order valence-electron chi connectivity index (χ0n) is 18.8. The van der Waals surface area contributed by atoms with Crippen molar-refractivity contribution in [3.05, 3.63) is 35.6 Å². The van der Waals surface area contributed by atoms with Crippen molar-refractivity contribution in [2.75, 3.05) is 6.54 Å². The molecule has 5 nitrogen and oxygen atoms in total. The van der Waals surface area contributed by atoms with E-state index in [1.165, 1.54) is 18.6 Å². The van der Waals surface area contributed by atoms with E-state index >= 15 is 0 Å². The summed E-state index contributed by atoms with van der Waals surface area (Å²) in [5, 5.41) is 16.8. The molecule has 6 heteroatoms. The topological polar surface area (TPSA) is 70.6 Å². The molecule has 1 unspecified atom stereocenters. The largest absolute Gasteiger partial charge is 0.444 e. The second kappa shape index (κ2) is 12.1. The normalized spacial score (nSPS) is 15.1. The number of aliphatic hydroxyl groups is 1. The van der Waals surface area contributed by atoms with Crippen LogP contribution in [0.25, 0.3) is 0 Å². The summed E-state index contributed by atoms with van der Waals surface area (Å²) in [5.41, 5.74) is 0.0665. The van der Waals surface area contributed by atoms with Crippen molar-refractivity contribution in [2.24, 2.45) is 5.92 Å². The molecule has 0 bridgehead atoms. The maximum atomic E-state index is 13.5. The lowest BCUT2D eigenvalue weighted by atomic mass is 10.00. The summed E-state index contributed by atoms with van der Waals surface area (Å²) >= 11 is 0. The maximum absolute atomic E-state index is 13.5. The third-order valence-corrected chi connectivity index (χ3v) is 4.61. The Morgan fingerprint density at radius 2 is 1.90 bits per heavy atom. The number of benzene rings is 1. The van der Waals surface area contributed by atoms with E-state index in [0.29, 0.717) is 24.4 Å². The van der Waals surface area contributed by atoms with Gasteiger partial charge >= 0.3 is 6.09 Å². The van der Waals surface area contributed by atoms with Crippen molar-refractivity contribution >= 4 is 6.09 Å². The van der Waals surface area contributed by atoms with Crippen LogP contribution >= 0.6 is 0 Å². The molecule has 0 spiro atoms. The highest BCUT2D eigenvalue weighted by atomic mass is 19.1. The van der Waals surface area contributed by atoms with Crippen molar-refractivity contribution in [2.45, 2.75) is 91.0 Å². The zero-order valence-corrected chi connectivity index (χ0v) is 18.8. The summed E-state index contributed by atoms with van der Waals surface area (Å²) in [7, 11) is 0. The van der Waals surface area contributed by atoms with E-state index in [2.05, 4.69) is 31.4 Å². The molecule has 1 aromatic rings. The molecule has 29 heavy (non-hydrogen) atoms. The SMILES string of the molecule is CC(C)CCCC(C)NC[C@@H](O)[C@H](Cc1cccc(F)c1)NC(=O)OC(C)(C)C. The first-order valence-corrected chi connectivity index (χ1v) is 10.6. The average Bonchev–Trinajstić information content (AvgIpc) is 2.57. The van der Waals surface area contributed by atoms with E-state index in [1.807, 2.05) is 0 Å². The fraction of sp³-hybridized carbons (Fsp3) is 0.696. The first kappa shape index (κ1) is 25.4. The molecule has 1 aromatic carbocycles. The van der Waals surface area contributed by atoms with E-state index < -0.39 is 23.8 Å². The van der Waals surface area contributed by atoms with Gasteiger partial charge in [-0.15, -0.1) is 0 Å². The van der Waals surface area contributed by atoms with Gasteiger partial charge in [0.15, 0.2) is 0 Å². The second-order valence-corrected chi connectivity index (χ2v) is 9.29. The molecule has 0 radical (unpaired) electrons. The van der Waals surface area contributed by atoms with Gasteiger partial charge in [0.2, 0.25) is 0 Å². The van der Waals surface area contributed by atoms with Gasteiger partial charge in [0.1, 0.15) is 11.4 Å². The van der Waals surface area contributed by atoms with Crippen LogP contribution < -0.4 is 10.6 Å². The number of hydrogen-bond donors (Lipinski definition) is 3. The third-order valence-electron chi connectivity index (χ3n) is 4.61. The van der Waals surface area contributed by atoms with Crippen LogP contribution in [0.3, 0.4) is 0 Å². The van der Waals surface area contributed by atoms with Crippen LogP contribution in [0, 0.1) is 11.7 Å². The Balaban J connectivity index is 2.69. The van der Waals surface area contributed by atoms with Crippen molar-refractivity contribution in [3.8, 4) is 0 Å². The number of amides is 1. The van der Waals surface area contributed by atoms with Crippen LogP contribution in [0.2, 0.25) is 0 Å². The lowest BCUT2D eigenvalue weighted by Crippen LogP contribution is -2.50. The van der Waals surface area contributed by atoms with Crippen LogP contribution in [-0.2, 0) is 11.2 Å². The summed E-state index contributed by atoms with van der Waals surface area (Å²) in [5.74, 6) is 0.339. The first-order valence-electron chi connectivity index (χ1n) is 10.6. The van der Waals surface area contributed by atoms with Crippen LogP contribution in [-0.4, -0.2) is 41.5 Å². The highest BCUT2D eigenvalue weighted by Crippen LogP contribution is 2.12. The van der Waals surface area contributed by atoms with Crippen LogP contribution in [0.1, 0.15) is 66.4 Å². The molecule has 1 amide bonds. The lowest BCUT2D eigenvalue weighted by Gasteiger charge is -2.28. The van der Waals surface area contributed by atoms with E-state index in [9.17, 15) is 14.3 Å². The number of halogens is 1. The molecule has 0 aliphatic heterocycles. The molecule has 0 aliphatic rings. The minimum absolute atomic E-state index is 0.264. The quantitative estimate of drug-likeness (QED) is 0.505. The standard InChI is InChI=1S/C23H39FN2O3/c1-16(2)9-7-10-17(3)25-15-21(27)20(26-22(28)29-23(4,5)6)14-18-11-8-12-19(24)13-18/h8,11-13,16-17,20-21,25,27H,7,9-10,14-15H2,1-6H3,(H,26,28)/t17?,20-,21+/m0/s1. The number of carbonyl (C=O) groups excluding carboxylic acids is 1. The van der Waals surface area contributed by atoms with E-state index in [1.54, 1.807) is 32.9 Å². The minimum atomic E-state index is -0.835. The lowest BCUT2D eigenvalue weighted by molar-refractivity contribution is 0.0420. The molecular weight excluding hydrogens is 371 g/mol. The molecule has 3 atom stereocenters. The van der Waals surface area contributed by atoms with Gasteiger partial charge in [-0.3, -0.25) is 0 Å². The Bertz CT molecular complexity index is 616. The summed E-state index contributed by atoms with van der Waals surface area (Å²) in [4.78, 5) is 12.2. The van der Waals surface area contributed by atoms with Crippen LogP contribution in [0.5, 0.6) is 0 Å². The smallest absolute Gasteiger partial charge is 0.407 e. The van der Waals surface area contributed by atoms with Crippen LogP contribution in [0.15, 0.2) is 24.3 Å². The number of nitrogens with one attached hydrogen (secondary N) is 2. The molecule has 0 saturated heterocycles. The molecule has 3 N–H and O–H groups in total. The summed E-state index contributed by atoms with van der Waals surface area (Å²) < 4.78 is 18.9. The molecule has 1 rings (SSSR count). The van der Waals surface area contributed by atoms with Gasteiger partial charge in [0, 0.05) is 12.6 Å². The first-order chi connectivity index (χ1) is 13.5. The fourth-order valence-corrected chi connectivity index (χ4v) is 3.06.